The Morgan fingerprint density at radius 3 is 1.91 bits per heavy atom. The molecule has 1 aromatic heterocycles. The van der Waals surface area contributed by atoms with E-state index < -0.39 is 4.92 Å². The molecule has 1 heterocycles. The van der Waals surface area contributed by atoms with Crippen molar-refractivity contribution in [3.63, 3.8) is 0 Å². The van der Waals surface area contributed by atoms with E-state index in [9.17, 15) is 10.1 Å². The Hall–Kier alpha value is -2.80. The topological polar surface area (TPSA) is 78.2 Å². The molecule has 0 fully saturated rings. The maximum atomic E-state index is 10.7. The molecule has 0 radical (unpaired) electrons. The molecule has 0 aliphatic carbocycles. The number of rotatable bonds is 4. The van der Waals surface area contributed by atoms with Crippen LogP contribution in [0, 0.1) is 10.1 Å². The van der Waals surface area contributed by atoms with Crippen LogP contribution >= 0.6 is 11.3 Å². The minimum absolute atomic E-state index is 0.0589. The number of aromatic nitrogens is 2. The van der Waals surface area contributed by atoms with Crippen LogP contribution in [0.3, 0.4) is 0 Å². The Morgan fingerprint density at radius 2 is 1.45 bits per heavy atom. The smallest absolute Gasteiger partial charge is 0.269 e. The summed E-state index contributed by atoms with van der Waals surface area (Å²) >= 11 is 1.43. The minimum atomic E-state index is -0.424. The first-order valence-corrected chi connectivity index (χ1v) is 7.22. The van der Waals surface area contributed by atoms with Gasteiger partial charge in [-0.15, -0.1) is 10.2 Å². The van der Waals surface area contributed by atoms with Crippen molar-refractivity contribution in [3.8, 4) is 26.9 Å². The SMILES string of the molecule is COc1ccc(-c2nnc(-c3ccc([N+](=O)[O-])cc3)s2)cc1. The first-order valence-electron chi connectivity index (χ1n) is 6.40. The van der Waals surface area contributed by atoms with E-state index in [-0.39, 0.29) is 5.69 Å². The largest absolute Gasteiger partial charge is 0.497 e. The molecular weight excluding hydrogens is 302 g/mol. The Kier molecular flexibility index (Phi) is 3.80. The highest BCUT2D eigenvalue weighted by Gasteiger charge is 2.10. The van der Waals surface area contributed by atoms with E-state index in [1.54, 1.807) is 19.2 Å². The summed E-state index contributed by atoms with van der Waals surface area (Å²) in [7, 11) is 1.62. The first kappa shape index (κ1) is 14.2. The van der Waals surface area contributed by atoms with Crippen molar-refractivity contribution in [2.45, 2.75) is 0 Å². The molecule has 0 saturated heterocycles. The van der Waals surface area contributed by atoms with Crippen LogP contribution < -0.4 is 4.74 Å². The number of methoxy groups -OCH3 is 1. The first-order chi connectivity index (χ1) is 10.7. The van der Waals surface area contributed by atoms with Gasteiger partial charge in [0, 0.05) is 23.3 Å². The lowest BCUT2D eigenvalue weighted by molar-refractivity contribution is -0.384. The van der Waals surface area contributed by atoms with Gasteiger partial charge in [0.2, 0.25) is 0 Å². The molecule has 0 saturated carbocycles. The second-order valence-electron chi connectivity index (χ2n) is 4.44. The molecule has 3 aromatic rings. The molecule has 110 valence electrons. The molecule has 2 aromatic carbocycles. The summed E-state index contributed by atoms with van der Waals surface area (Å²) in [6.07, 6.45) is 0. The van der Waals surface area contributed by atoms with Crippen molar-refractivity contribution >= 4 is 17.0 Å². The number of benzene rings is 2. The van der Waals surface area contributed by atoms with Crippen LogP contribution in [0.2, 0.25) is 0 Å². The zero-order valence-electron chi connectivity index (χ0n) is 11.6. The molecule has 0 aliphatic heterocycles. The molecule has 0 unspecified atom stereocenters. The molecule has 7 heteroatoms. The van der Waals surface area contributed by atoms with Crippen LogP contribution in [0.4, 0.5) is 5.69 Å². The number of hydrogen-bond acceptors (Lipinski definition) is 6. The molecule has 3 rings (SSSR count). The van der Waals surface area contributed by atoms with Gasteiger partial charge in [0.1, 0.15) is 15.8 Å². The van der Waals surface area contributed by atoms with Gasteiger partial charge in [-0.25, -0.2) is 0 Å². The van der Waals surface area contributed by atoms with Crippen LogP contribution in [-0.2, 0) is 0 Å². The van der Waals surface area contributed by atoms with Crippen LogP contribution in [0.5, 0.6) is 5.75 Å². The van der Waals surface area contributed by atoms with E-state index in [2.05, 4.69) is 10.2 Å². The van der Waals surface area contributed by atoms with Crippen molar-refractivity contribution in [2.75, 3.05) is 7.11 Å². The number of non-ortho nitro benzene ring substituents is 1. The third kappa shape index (κ3) is 2.79. The Bertz CT molecular complexity index is 798. The Labute approximate surface area is 130 Å². The van der Waals surface area contributed by atoms with Gasteiger partial charge in [-0.3, -0.25) is 10.1 Å². The molecule has 0 spiro atoms. The van der Waals surface area contributed by atoms with Crippen molar-refractivity contribution in [1.29, 1.82) is 0 Å². The maximum Gasteiger partial charge on any atom is 0.269 e. The van der Waals surface area contributed by atoms with E-state index in [0.29, 0.717) is 0 Å². The fourth-order valence-corrected chi connectivity index (χ4v) is 2.77. The minimum Gasteiger partial charge on any atom is -0.497 e. The monoisotopic (exact) mass is 313 g/mol. The number of nitro benzene ring substituents is 1. The maximum absolute atomic E-state index is 10.7. The standard InChI is InChI=1S/C15H11N3O3S/c1-21-13-8-4-11(5-9-13)15-17-16-14(22-15)10-2-6-12(7-3-10)18(19)20/h2-9H,1H3. The molecule has 0 bridgehead atoms. The summed E-state index contributed by atoms with van der Waals surface area (Å²) in [5, 5.41) is 20.5. The van der Waals surface area contributed by atoms with Crippen molar-refractivity contribution in [2.24, 2.45) is 0 Å². The quantitative estimate of drug-likeness (QED) is 0.541. The average molecular weight is 313 g/mol. The lowest BCUT2D eigenvalue weighted by Gasteiger charge is -1.99. The average Bonchev–Trinajstić information content (AvgIpc) is 3.05. The second-order valence-corrected chi connectivity index (χ2v) is 5.42. The zero-order valence-corrected chi connectivity index (χ0v) is 12.4. The van der Waals surface area contributed by atoms with E-state index in [1.807, 2.05) is 24.3 Å². The molecule has 0 atom stereocenters. The van der Waals surface area contributed by atoms with Crippen LogP contribution in [0.1, 0.15) is 0 Å². The zero-order chi connectivity index (χ0) is 15.5. The molecule has 0 aliphatic rings. The van der Waals surface area contributed by atoms with Crippen molar-refractivity contribution in [1.82, 2.24) is 10.2 Å². The summed E-state index contributed by atoms with van der Waals surface area (Å²) in [5.74, 6) is 0.781. The number of ether oxygens (including phenoxy) is 1. The van der Waals surface area contributed by atoms with Gasteiger partial charge >= 0.3 is 0 Å². The van der Waals surface area contributed by atoms with Gasteiger partial charge in [0.05, 0.1) is 12.0 Å². The highest BCUT2D eigenvalue weighted by molar-refractivity contribution is 7.17. The summed E-state index contributed by atoms with van der Waals surface area (Å²) in [5.41, 5.74) is 1.82. The molecule has 0 N–H and O–H groups in total. The van der Waals surface area contributed by atoms with Crippen LogP contribution in [-0.4, -0.2) is 22.2 Å². The number of hydrogen-bond donors (Lipinski definition) is 0. The van der Waals surface area contributed by atoms with Crippen LogP contribution in [0.15, 0.2) is 48.5 Å². The predicted octanol–water partition coefficient (Wildman–Crippen LogP) is 3.79. The molecule has 6 nitrogen and oxygen atoms in total. The molecular formula is C15H11N3O3S. The van der Waals surface area contributed by atoms with E-state index in [4.69, 9.17) is 4.74 Å². The van der Waals surface area contributed by atoms with Gasteiger partial charge in [-0.1, -0.05) is 11.3 Å². The highest BCUT2D eigenvalue weighted by atomic mass is 32.1. The third-order valence-electron chi connectivity index (χ3n) is 3.09. The van der Waals surface area contributed by atoms with E-state index >= 15 is 0 Å². The van der Waals surface area contributed by atoms with E-state index in [1.165, 1.54) is 23.5 Å². The lowest BCUT2D eigenvalue weighted by Crippen LogP contribution is -1.86. The van der Waals surface area contributed by atoms with E-state index in [0.717, 1.165) is 26.9 Å². The van der Waals surface area contributed by atoms with Crippen LogP contribution in [0.25, 0.3) is 21.1 Å². The van der Waals surface area contributed by atoms with Gasteiger partial charge in [-0.05, 0) is 36.4 Å². The van der Waals surface area contributed by atoms with Crippen molar-refractivity contribution < 1.29 is 9.66 Å². The van der Waals surface area contributed by atoms with Gasteiger partial charge in [-0.2, -0.15) is 0 Å². The summed E-state index contributed by atoms with van der Waals surface area (Å²) in [6.45, 7) is 0. The molecule has 22 heavy (non-hydrogen) atoms. The highest BCUT2D eigenvalue weighted by Crippen LogP contribution is 2.31. The van der Waals surface area contributed by atoms with Gasteiger partial charge < -0.3 is 4.74 Å². The Morgan fingerprint density at radius 1 is 0.955 bits per heavy atom. The third-order valence-corrected chi connectivity index (χ3v) is 4.11. The molecule has 0 amide bonds. The lowest BCUT2D eigenvalue weighted by atomic mass is 10.2. The van der Waals surface area contributed by atoms with Gasteiger partial charge in [0.25, 0.3) is 5.69 Å². The van der Waals surface area contributed by atoms with Crippen molar-refractivity contribution in [3.05, 3.63) is 58.6 Å². The fourth-order valence-electron chi connectivity index (χ4n) is 1.92. The predicted molar refractivity (Wildman–Crippen MR) is 84.0 cm³/mol. The number of nitrogens with zero attached hydrogens (tertiary/aromatic N) is 3. The Balaban J connectivity index is 1.87. The fraction of sp³-hybridized carbons (Fsp3) is 0.0667. The normalized spacial score (nSPS) is 10.4. The summed E-state index contributed by atoms with van der Waals surface area (Å²) in [6, 6.07) is 13.8. The summed E-state index contributed by atoms with van der Waals surface area (Å²) in [4.78, 5) is 10.2. The van der Waals surface area contributed by atoms with Gasteiger partial charge in [0.15, 0.2) is 0 Å². The summed E-state index contributed by atoms with van der Waals surface area (Å²) < 4.78 is 5.12. The second kappa shape index (κ2) is 5.90. The number of nitro groups is 1.